The number of hydrogen-bond donors (Lipinski definition) is 1. The summed E-state index contributed by atoms with van der Waals surface area (Å²) in [6.45, 7) is 0. The molecule has 0 radical (unpaired) electrons. The molecule has 0 fully saturated rings. The van der Waals surface area contributed by atoms with Crippen molar-refractivity contribution in [3.63, 3.8) is 0 Å². The lowest BCUT2D eigenvalue weighted by Gasteiger charge is -2.11. The standard InChI is InChI=1S/C15H14O4/c1-18-14-9-11(10-15(16)17)7-8-13(14)19-12-5-3-2-4-6-12/h2-9H,10H2,1H3,(H,16,17). The molecule has 2 aromatic rings. The summed E-state index contributed by atoms with van der Waals surface area (Å²) in [6, 6.07) is 14.4. The van der Waals surface area contributed by atoms with E-state index < -0.39 is 5.97 Å². The van der Waals surface area contributed by atoms with Crippen LogP contribution in [0.25, 0.3) is 0 Å². The molecule has 19 heavy (non-hydrogen) atoms. The van der Waals surface area contributed by atoms with Gasteiger partial charge in [-0.2, -0.15) is 0 Å². The highest BCUT2D eigenvalue weighted by atomic mass is 16.5. The molecule has 0 aliphatic carbocycles. The van der Waals surface area contributed by atoms with Crippen molar-refractivity contribution in [3.8, 4) is 17.2 Å². The maximum absolute atomic E-state index is 10.7. The number of carboxylic acid groups (broad SMARTS) is 1. The Kier molecular flexibility index (Phi) is 4.03. The van der Waals surface area contributed by atoms with Gasteiger partial charge in [-0.25, -0.2) is 0 Å². The number of benzene rings is 2. The zero-order valence-electron chi connectivity index (χ0n) is 10.5. The SMILES string of the molecule is COc1cc(CC(=O)O)ccc1Oc1ccccc1. The fourth-order valence-corrected chi connectivity index (χ4v) is 1.70. The predicted molar refractivity (Wildman–Crippen MR) is 70.8 cm³/mol. The van der Waals surface area contributed by atoms with Crippen molar-refractivity contribution in [2.45, 2.75) is 6.42 Å². The highest BCUT2D eigenvalue weighted by molar-refractivity contribution is 5.70. The molecule has 0 heterocycles. The minimum atomic E-state index is -0.876. The summed E-state index contributed by atoms with van der Waals surface area (Å²) in [4.78, 5) is 10.7. The zero-order valence-corrected chi connectivity index (χ0v) is 10.5. The highest BCUT2D eigenvalue weighted by Gasteiger charge is 2.08. The Hall–Kier alpha value is -2.49. The van der Waals surface area contributed by atoms with Crippen molar-refractivity contribution in [3.05, 3.63) is 54.1 Å². The van der Waals surface area contributed by atoms with Gasteiger partial charge in [-0.05, 0) is 29.8 Å². The summed E-state index contributed by atoms with van der Waals surface area (Å²) < 4.78 is 10.9. The van der Waals surface area contributed by atoms with Crippen LogP contribution in [0.1, 0.15) is 5.56 Å². The number of methoxy groups -OCH3 is 1. The first-order valence-corrected chi connectivity index (χ1v) is 5.80. The summed E-state index contributed by atoms with van der Waals surface area (Å²) >= 11 is 0. The van der Waals surface area contributed by atoms with Crippen LogP contribution in [-0.2, 0) is 11.2 Å². The Bertz CT molecular complexity index is 564. The second kappa shape index (κ2) is 5.91. The van der Waals surface area contributed by atoms with Gasteiger partial charge in [0.15, 0.2) is 11.5 Å². The molecule has 0 aromatic heterocycles. The van der Waals surface area contributed by atoms with Crippen LogP contribution in [0, 0.1) is 0 Å². The van der Waals surface area contributed by atoms with Crippen LogP contribution in [0.5, 0.6) is 17.2 Å². The maximum Gasteiger partial charge on any atom is 0.307 e. The third kappa shape index (κ3) is 3.48. The van der Waals surface area contributed by atoms with Crippen LogP contribution >= 0.6 is 0 Å². The molecule has 0 bridgehead atoms. The van der Waals surface area contributed by atoms with Gasteiger partial charge in [0.05, 0.1) is 13.5 Å². The molecule has 2 aromatic carbocycles. The average Bonchev–Trinajstić information content (AvgIpc) is 2.41. The van der Waals surface area contributed by atoms with Crippen LogP contribution < -0.4 is 9.47 Å². The predicted octanol–water partition coefficient (Wildman–Crippen LogP) is 3.11. The fourth-order valence-electron chi connectivity index (χ4n) is 1.70. The van der Waals surface area contributed by atoms with E-state index in [1.807, 2.05) is 30.3 Å². The van der Waals surface area contributed by atoms with E-state index >= 15 is 0 Å². The molecule has 0 aliphatic rings. The molecule has 0 unspecified atom stereocenters. The third-order valence-corrected chi connectivity index (χ3v) is 2.55. The molecule has 4 heteroatoms. The quantitative estimate of drug-likeness (QED) is 0.895. The van der Waals surface area contributed by atoms with Gasteiger partial charge >= 0.3 is 5.97 Å². The zero-order chi connectivity index (χ0) is 13.7. The highest BCUT2D eigenvalue weighted by Crippen LogP contribution is 2.32. The summed E-state index contributed by atoms with van der Waals surface area (Å²) in [5.74, 6) is 0.899. The van der Waals surface area contributed by atoms with Crippen molar-refractivity contribution in [2.24, 2.45) is 0 Å². The average molecular weight is 258 g/mol. The second-order valence-corrected chi connectivity index (χ2v) is 3.97. The van der Waals surface area contributed by atoms with E-state index in [9.17, 15) is 4.79 Å². The van der Waals surface area contributed by atoms with Crippen molar-refractivity contribution in [2.75, 3.05) is 7.11 Å². The minimum Gasteiger partial charge on any atom is -0.493 e. The van der Waals surface area contributed by atoms with Crippen LogP contribution in [-0.4, -0.2) is 18.2 Å². The Morgan fingerprint density at radius 3 is 2.47 bits per heavy atom. The monoisotopic (exact) mass is 258 g/mol. The molecule has 1 N–H and O–H groups in total. The Morgan fingerprint density at radius 1 is 1.11 bits per heavy atom. The van der Waals surface area contributed by atoms with Gasteiger partial charge in [-0.1, -0.05) is 24.3 Å². The van der Waals surface area contributed by atoms with E-state index in [0.717, 1.165) is 0 Å². The maximum atomic E-state index is 10.7. The minimum absolute atomic E-state index is 0.0397. The van der Waals surface area contributed by atoms with Gasteiger partial charge in [0.25, 0.3) is 0 Å². The van der Waals surface area contributed by atoms with E-state index in [0.29, 0.717) is 22.8 Å². The Morgan fingerprint density at radius 2 is 1.84 bits per heavy atom. The molecular weight excluding hydrogens is 244 g/mol. The van der Waals surface area contributed by atoms with E-state index in [2.05, 4.69) is 0 Å². The van der Waals surface area contributed by atoms with Gasteiger partial charge in [-0.15, -0.1) is 0 Å². The number of hydrogen-bond acceptors (Lipinski definition) is 3. The van der Waals surface area contributed by atoms with Gasteiger partial charge in [0, 0.05) is 0 Å². The van der Waals surface area contributed by atoms with Gasteiger partial charge in [0.1, 0.15) is 5.75 Å². The van der Waals surface area contributed by atoms with E-state index in [4.69, 9.17) is 14.6 Å². The number of carboxylic acids is 1. The second-order valence-electron chi connectivity index (χ2n) is 3.97. The molecular formula is C15H14O4. The first-order valence-electron chi connectivity index (χ1n) is 5.80. The number of carbonyl (C=O) groups is 1. The molecule has 0 atom stereocenters. The van der Waals surface area contributed by atoms with Gasteiger partial charge in [0.2, 0.25) is 0 Å². The number of aliphatic carboxylic acids is 1. The topological polar surface area (TPSA) is 55.8 Å². The van der Waals surface area contributed by atoms with Crippen LogP contribution in [0.15, 0.2) is 48.5 Å². The summed E-state index contributed by atoms with van der Waals surface area (Å²) in [6.07, 6.45) is -0.0397. The van der Waals surface area contributed by atoms with E-state index in [-0.39, 0.29) is 6.42 Å². The van der Waals surface area contributed by atoms with Crippen molar-refractivity contribution in [1.82, 2.24) is 0 Å². The van der Waals surface area contributed by atoms with Crippen LogP contribution in [0.3, 0.4) is 0 Å². The van der Waals surface area contributed by atoms with Crippen LogP contribution in [0.4, 0.5) is 0 Å². The van der Waals surface area contributed by atoms with E-state index in [1.165, 1.54) is 7.11 Å². The van der Waals surface area contributed by atoms with Crippen molar-refractivity contribution in [1.29, 1.82) is 0 Å². The molecule has 0 aliphatic heterocycles. The molecule has 0 amide bonds. The number of ether oxygens (including phenoxy) is 2. The number of rotatable bonds is 5. The van der Waals surface area contributed by atoms with E-state index in [1.54, 1.807) is 18.2 Å². The fraction of sp³-hybridized carbons (Fsp3) is 0.133. The molecule has 4 nitrogen and oxygen atoms in total. The third-order valence-electron chi connectivity index (χ3n) is 2.55. The first kappa shape index (κ1) is 13.0. The first-order chi connectivity index (χ1) is 9.19. The lowest BCUT2D eigenvalue weighted by molar-refractivity contribution is -0.136. The van der Waals surface area contributed by atoms with Gasteiger partial charge in [-0.3, -0.25) is 4.79 Å². The smallest absolute Gasteiger partial charge is 0.307 e. The van der Waals surface area contributed by atoms with Crippen molar-refractivity contribution < 1.29 is 19.4 Å². The molecule has 98 valence electrons. The summed E-state index contributed by atoms with van der Waals surface area (Å²) in [5, 5.41) is 8.76. The number of para-hydroxylation sites is 1. The van der Waals surface area contributed by atoms with Crippen LogP contribution in [0.2, 0.25) is 0 Å². The Labute approximate surface area is 111 Å². The lowest BCUT2D eigenvalue weighted by Crippen LogP contribution is -2.00. The summed E-state index contributed by atoms with van der Waals surface area (Å²) in [7, 11) is 1.53. The molecule has 0 spiro atoms. The normalized spacial score (nSPS) is 9.95. The molecule has 0 saturated carbocycles. The van der Waals surface area contributed by atoms with Gasteiger partial charge < -0.3 is 14.6 Å². The lowest BCUT2D eigenvalue weighted by atomic mass is 10.1. The molecule has 2 rings (SSSR count). The Balaban J connectivity index is 2.23. The summed E-state index contributed by atoms with van der Waals surface area (Å²) in [5.41, 5.74) is 0.671. The molecule has 0 saturated heterocycles. The van der Waals surface area contributed by atoms with Crippen molar-refractivity contribution >= 4 is 5.97 Å². The largest absolute Gasteiger partial charge is 0.493 e.